The minimum absolute atomic E-state index is 0.257. The summed E-state index contributed by atoms with van der Waals surface area (Å²) in [4.78, 5) is 1.93. The monoisotopic (exact) mass is 178 g/mol. The van der Waals surface area contributed by atoms with Crippen LogP contribution in [0, 0.1) is 0 Å². The lowest BCUT2D eigenvalue weighted by atomic mass is 10.1. The van der Waals surface area contributed by atoms with E-state index < -0.39 is 5.60 Å². The third-order valence-corrected chi connectivity index (χ3v) is 1.05. The summed E-state index contributed by atoms with van der Waals surface area (Å²) < 4.78 is 0. The number of hydrogen-bond acceptors (Lipinski definition) is 4. The molecule has 0 aliphatic carbocycles. The Kier molecular flexibility index (Phi) is 8.97. The number of rotatable bonds is 3. The zero-order chi connectivity index (χ0) is 10.2. The minimum atomic E-state index is -0.681. The fourth-order valence-electron chi connectivity index (χ4n) is 0.200. The van der Waals surface area contributed by atoms with Crippen LogP contribution in [0.2, 0.25) is 0 Å². The number of nitrogens with zero attached hydrogens (tertiary/aromatic N) is 1. The SMILES string of the molecule is CC(C)(O)CN.CN(C)CCO. The molecular formula is C8H22N2O2. The van der Waals surface area contributed by atoms with Gasteiger partial charge in [-0.1, -0.05) is 0 Å². The van der Waals surface area contributed by atoms with E-state index in [4.69, 9.17) is 15.9 Å². The molecule has 4 N–H and O–H groups in total. The van der Waals surface area contributed by atoms with Crippen molar-refractivity contribution in [2.75, 3.05) is 33.8 Å². The van der Waals surface area contributed by atoms with Gasteiger partial charge in [-0.05, 0) is 27.9 Å². The Balaban J connectivity index is 0. The lowest BCUT2D eigenvalue weighted by Gasteiger charge is -2.11. The first-order valence-corrected chi connectivity index (χ1v) is 4.01. The Morgan fingerprint density at radius 2 is 1.67 bits per heavy atom. The van der Waals surface area contributed by atoms with Gasteiger partial charge in [0, 0.05) is 13.1 Å². The van der Waals surface area contributed by atoms with E-state index in [0.29, 0.717) is 6.54 Å². The summed E-state index contributed by atoms with van der Waals surface area (Å²) in [6, 6.07) is 0. The van der Waals surface area contributed by atoms with Crippen LogP contribution in [0.15, 0.2) is 0 Å². The Bertz CT molecular complexity index is 89.5. The van der Waals surface area contributed by atoms with Gasteiger partial charge in [-0.25, -0.2) is 0 Å². The lowest BCUT2D eigenvalue weighted by Crippen LogP contribution is -2.29. The third-order valence-electron chi connectivity index (χ3n) is 1.05. The van der Waals surface area contributed by atoms with Crippen LogP contribution in [0.3, 0.4) is 0 Å². The van der Waals surface area contributed by atoms with Crippen molar-refractivity contribution in [1.82, 2.24) is 4.90 Å². The molecule has 0 atom stereocenters. The highest BCUT2D eigenvalue weighted by Crippen LogP contribution is 1.93. The molecule has 12 heavy (non-hydrogen) atoms. The highest BCUT2D eigenvalue weighted by molar-refractivity contribution is 4.63. The Morgan fingerprint density at radius 3 is 1.67 bits per heavy atom. The predicted molar refractivity (Wildman–Crippen MR) is 51.0 cm³/mol. The number of aliphatic hydroxyl groups is 2. The van der Waals surface area contributed by atoms with Crippen molar-refractivity contribution in [2.24, 2.45) is 5.73 Å². The summed E-state index contributed by atoms with van der Waals surface area (Å²) in [5.74, 6) is 0. The molecule has 0 aromatic carbocycles. The smallest absolute Gasteiger partial charge is 0.0713 e. The van der Waals surface area contributed by atoms with Crippen molar-refractivity contribution in [3.8, 4) is 0 Å². The van der Waals surface area contributed by atoms with Crippen molar-refractivity contribution >= 4 is 0 Å². The summed E-state index contributed by atoms with van der Waals surface area (Å²) in [6.07, 6.45) is 0. The molecule has 0 radical (unpaired) electrons. The standard InChI is InChI=1S/2C4H11NO/c1-5(2)3-4-6;1-4(2,6)3-5/h6H,3-4H2,1-2H3;6H,3,5H2,1-2H3. The lowest BCUT2D eigenvalue weighted by molar-refractivity contribution is 0.0898. The number of aliphatic hydroxyl groups excluding tert-OH is 1. The normalized spacial score (nSPS) is 11.0. The highest BCUT2D eigenvalue weighted by atomic mass is 16.3. The maximum atomic E-state index is 8.70. The van der Waals surface area contributed by atoms with Gasteiger partial charge in [-0.2, -0.15) is 0 Å². The average molecular weight is 178 g/mol. The van der Waals surface area contributed by atoms with Crippen molar-refractivity contribution in [3.05, 3.63) is 0 Å². The van der Waals surface area contributed by atoms with Crippen LogP contribution in [-0.2, 0) is 0 Å². The molecule has 0 spiro atoms. The first-order chi connectivity index (χ1) is 5.33. The molecule has 0 rings (SSSR count). The molecule has 0 aromatic heterocycles. The second-order valence-corrected chi connectivity index (χ2v) is 3.54. The summed E-state index contributed by atoms with van der Waals surface area (Å²) in [5.41, 5.74) is 4.38. The van der Waals surface area contributed by atoms with Gasteiger partial charge in [-0.3, -0.25) is 0 Å². The first kappa shape index (κ1) is 14.4. The van der Waals surface area contributed by atoms with Gasteiger partial charge in [0.1, 0.15) is 0 Å². The van der Waals surface area contributed by atoms with Crippen LogP contribution in [0.1, 0.15) is 13.8 Å². The van der Waals surface area contributed by atoms with Crippen LogP contribution in [-0.4, -0.2) is 54.5 Å². The van der Waals surface area contributed by atoms with E-state index in [-0.39, 0.29) is 6.61 Å². The summed E-state index contributed by atoms with van der Waals surface area (Å²) in [6.45, 7) is 4.69. The molecule has 76 valence electrons. The van der Waals surface area contributed by atoms with E-state index in [2.05, 4.69) is 0 Å². The van der Waals surface area contributed by atoms with Gasteiger partial charge < -0.3 is 20.8 Å². The molecule has 0 aromatic rings. The zero-order valence-corrected chi connectivity index (χ0v) is 8.54. The molecular weight excluding hydrogens is 156 g/mol. The molecule has 0 fully saturated rings. The third kappa shape index (κ3) is 22.5. The number of nitrogens with two attached hydrogens (primary N) is 1. The molecule has 0 heterocycles. The van der Waals surface area contributed by atoms with Crippen LogP contribution in [0.5, 0.6) is 0 Å². The van der Waals surface area contributed by atoms with E-state index in [1.165, 1.54) is 0 Å². The largest absolute Gasteiger partial charge is 0.395 e. The van der Waals surface area contributed by atoms with E-state index in [0.717, 1.165) is 6.54 Å². The number of likely N-dealkylation sites (N-methyl/N-ethyl adjacent to an activating group) is 1. The fourth-order valence-corrected chi connectivity index (χ4v) is 0.200. The molecule has 0 bridgehead atoms. The topological polar surface area (TPSA) is 69.7 Å². The van der Waals surface area contributed by atoms with Crippen molar-refractivity contribution in [2.45, 2.75) is 19.4 Å². The minimum Gasteiger partial charge on any atom is -0.395 e. The second kappa shape index (κ2) is 7.49. The van der Waals surface area contributed by atoms with Gasteiger partial charge in [0.15, 0.2) is 0 Å². The van der Waals surface area contributed by atoms with E-state index in [9.17, 15) is 0 Å². The van der Waals surface area contributed by atoms with E-state index >= 15 is 0 Å². The molecule has 0 saturated carbocycles. The highest BCUT2D eigenvalue weighted by Gasteiger charge is 2.06. The van der Waals surface area contributed by atoms with Crippen LogP contribution >= 0.6 is 0 Å². The summed E-state index contributed by atoms with van der Waals surface area (Å²) in [7, 11) is 3.85. The van der Waals surface area contributed by atoms with E-state index in [1.54, 1.807) is 13.8 Å². The molecule has 4 nitrogen and oxygen atoms in total. The molecule has 4 heteroatoms. The van der Waals surface area contributed by atoms with Crippen molar-refractivity contribution in [1.29, 1.82) is 0 Å². The zero-order valence-electron chi connectivity index (χ0n) is 8.54. The average Bonchev–Trinajstić information content (AvgIpc) is 1.87. The van der Waals surface area contributed by atoms with Gasteiger partial charge in [0.25, 0.3) is 0 Å². The maximum absolute atomic E-state index is 8.70. The van der Waals surface area contributed by atoms with Crippen LogP contribution in [0.25, 0.3) is 0 Å². The molecule has 0 unspecified atom stereocenters. The summed E-state index contributed by atoms with van der Waals surface area (Å²) >= 11 is 0. The summed E-state index contributed by atoms with van der Waals surface area (Å²) in [5, 5.41) is 16.9. The van der Waals surface area contributed by atoms with Gasteiger partial charge in [0.2, 0.25) is 0 Å². The molecule has 0 aliphatic heterocycles. The quantitative estimate of drug-likeness (QED) is 0.532. The first-order valence-electron chi connectivity index (χ1n) is 4.01. The molecule has 0 amide bonds. The Labute approximate surface area is 75.0 Å². The van der Waals surface area contributed by atoms with Gasteiger partial charge >= 0.3 is 0 Å². The van der Waals surface area contributed by atoms with Gasteiger partial charge in [0.05, 0.1) is 12.2 Å². The molecule has 0 saturated heterocycles. The molecule has 0 aliphatic rings. The maximum Gasteiger partial charge on any atom is 0.0713 e. The fraction of sp³-hybridized carbons (Fsp3) is 1.00. The van der Waals surface area contributed by atoms with Gasteiger partial charge in [-0.15, -0.1) is 0 Å². The van der Waals surface area contributed by atoms with E-state index in [1.807, 2.05) is 19.0 Å². The van der Waals surface area contributed by atoms with Crippen molar-refractivity contribution < 1.29 is 10.2 Å². The van der Waals surface area contributed by atoms with Crippen molar-refractivity contribution in [3.63, 3.8) is 0 Å². The van der Waals surface area contributed by atoms with Crippen LogP contribution < -0.4 is 5.73 Å². The predicted octanol–water partition coefficient (Wildman–Crippen LogP) is -0.744. The van der Waals surface area contributed by atoms with Crippen LogP contribution in [0.4, 0.5) is 0 Å². The Hall–Kier alpha value is -0.160. The number of hydrogen-bond donors (Lipinski definition) is 3. The Morgan fingerprint density at radius 1 is 1.33 bits per heavy atom. The second-order valence-electron chi connectivity index (χ2n) is 3.54.